The maximum Gasteiger partial charge on any atom is 0.356 e. The summed E-state index contributed by atoms with van der Waals surface area (Å²) in [4.78, 5) is 18.3. The first-order chi connectivity index (χ1) is 9.04. The van der Waals surface area contributed by atoms with Crippen molar-refractivity contribution in [1.82, 2.24) is 0 Å². The molecule has 1 rings (SSSR count). The molecule has 0 fully saturated rings. The Bertz CT molecular complexity index is 464. The van der Waals surface area contributed by atoms with Gasteiger partial charge in [0.25, 0.3) is 0 Å². The van der Waals surface area contributed by atoms with Gasteiger partial charge >= 0.3 is 7.60 Å². The highest BCUT2D eigenvalue weighted by atomic mass is 31.2. The summed E-state index contributed by atoms with van der Waals surface area (Å²) in [7, 11) is -4.28. The van der Waals surface area contributed by atoms with Crippen LogP contribution >= 0.6 is 7.60 Å². The van der Waals surface area contributed by atoms with E-state index in [1.807, 2.05) is 44.2 Å². The molecule has 5 nitrogen and oxygen atoms in total. The monoisotopic (exact) mass is 302 g/mol. The number of rotatable bonds is 7. The van der Waals surface area contributed by atoms with E-state index in [0.29, 0.717) is 6.42 Å². The maximum atomic E-state index is 11.2. The minimum absolute atomic E-state index is 0.206. The lowest BCUT2D eigenvalue weighted by molar-refractivity contribution is -0.00829. The molecule has 0 heterocycles. The number of hydrogen-bond donors (Lipinski definition) is 2. The molecule has 0 radical (unpaired) electrons. The molecule has 0 atom stereocenters. The van der Waals surface area contributed by atoms with Crippen LogP contribution in [0.1, 0.15) is 34.1 Å². The summed E-state index contributed by atoms with van der Waals surface area (Å²) in [5, 5.41) is -1.48. The van der Waals surface area contributed by atoms with Gasteiger partial charge < -0.3 is 19.3 Å². The van der Waals surface area contributed by atoms with E-state index >= 15 is 0 Å². The molecule has 0 aromatic heterocycles. The molecule has 20 heavy (non-hydrogen) atoms. The van der Waals surface area contributed by atoms with Crippen molar-refractivity contribution in [1.29, 1.82) is 0 Å². The van der Waals surface area contributed by atoms with Crippen molar-refractivity contribution in [3.63, 3.8) is 0 Å². The molecule has 1 aromatic rings. The quantitative estimate of drug-likeness (QED) is 0.757. The second kappa shape index (κ2) is 6.27. The summed E-state index contributed by atoms with van der Waals surface area (Å²) in [5.41, 5.74) is -0.480. The van der Waals surface area contributed by atoms with Crippen LogP contribution in [0, 0.1) is 0 Å². The van der Waals surface area contributed by atoms with Crippen LogP contribution in [0.4, 0.5) is 0 Å². The van der Waals surface area contributed by atoms with Gasteiger partial charge in [-0.15, -0.1) is 0 Å². The molecule has 0 aliphatic heterocycles. The maximum absolute atomic E-state index is 11.2. The van der Waals surface area contributed by atoms with Gasteiger partial charge in [0.2, 0.25) is 0 Å². The van der Waals surface area contributed by atoms with E-state index in [-0.39, 0.29) is 6.61 Å². The molecule has 0 saturated carbocycles. The zero-order valence-corrected chi connectivity index (χ0v) is 13.3. The second-order valence-corrected chi connectivity index (χ2v) is 7.93. The minimum Gasteiger partial charge on any atom is -0.488 e. The molecular weight excluding hydrogens is 279 g/mol. The van der Waals surface area contributed by atoms with Crippen LogP contribution in [0.5, 0.6) is 5.75 Å². The van der Waals surface area contributed by atoms with Crippen LogP contribution in [-0.2, 0) is 9.30 Å². The first-order valence-electron chi connectivity index (χ1n) is 6.47. The van der Waals surface area contributed by atoms with E-state index in [1.165, 1.54) is 13.8 Å². The summed E-state index contributed by atoms with van der Waals surface area (Å²) in [5.74, 6) is 0.756. The van der Waals surface area contributed by atoms with Crippen molar-refractivity contribution in [3.05, 3.63) is 30.3 Å². The molecule has 114 valence electrons. The molecule has 0 aliphatic rings. The van der Waals surface area contributed by atoms with Crippen LogP contribution in [0.25, 0.3) is 0 Å². The highest BCUT2D eigenvalue weighted by Crippen LogP contribution is 2.50. The van der Waals surface area contributed by atoms with E-state index in [0.717, 1.165) is 5.75 Å². The SMILES string of the molecule is CC(C)(CCOC(C)(C)P(=O)(O)O)Oc1ccccc1. The number of para-hydroxylation sites is 1. The Hall–Kier alpha value is -0.870. The normalized spacial score (nSPS) is 13.3. The standard InChI is InChI=1S/C14H23O5P/c1-13(2,19-12-8-6-5-7-9-12)10-11-18-14(3,4)20(15,16)17/h5-9H,10-11H2,1-4H3,(H2,15,16,17). The van der Waals surface area contributed by atoms with Crippen molar-refractivity contribution in [2.75, 3.05) is 6.61 Å². The third-order valence-corrected chi connectivity index (χ3v) is 4.53. The van der Waals surface area contributed by atoms with Crippen molar-refractivity contribution in [2.45, 2.75) is 45.1 Å². The fraction of sp³-hybridized carbons (Fsp3) is 0.571. The van der Waals surface area contributed by atoms with Crippen molar-refractivity contribution >= 4 is 7.60 Å². The Labute approximate surface area is 120 Å². The molecule has 0 unspecified atom stereocenters. The topological polar surface area (TPSA) is 76.0 Å². The Kier molecular flexibility index (Phi) is 5.39. The molecule has 0 bridgehead atoms. The fourth-order valence-corrected chi connectivity index (χ4v) is 1.75. The van der Waals surface area contributed by atoms with Crippen LogP contribution < -0.4 is 4.74 Å². The Morgan fingerprint density at radius 2 is 1.65 bits per heavy atom. The average Bonchev–Trinajstić information content (AvgIpc) is 2.27. The fourth-order valence-electron chi connectivity index (χ4n) is 1.49. The summed E-state index contributed by atoms with van der Waals surface area (Å²) < 4.78 is 22.4. The van der Waals surface area contributed by atoms with Crippen LogP contribution in [0.15, 0.2) is 30.3 Å². The van der Waals surface area contributed by atoms with E-state index in [2.05, 4.69) is 0 Å². The zero-order valence-electron chi connectivity index (χ0n) is 12.4. The highest BCUT2D eigenvalue weighted by molar-refractivity contribution is 7.53. The highest BCUT2D eigenvalue weighted by Gasteiger charge is 2.39. The number of benzene rings is 1. The van der Waals surface area contributed by atoms with E-state index in [1.54, 1.807) is 0 Å². The van der Waals surface area contributed by atoms with Gasteiger partial charge in [0, 0.05) is 6.42 Å². The first-order valence-corrected chi connectivity index (χ1v) is 8.08. The van der Waals surface area contributed by atoms with Gasteiger partial charge in [0.05, 0.1) is 6.61 Å². The van der Waals surface area contributed by atoms with Gasteiger partial charge in [-0.3, -0.25) is 4.57 Å². The summed E-state index contributed by atoms with van der Waals surface area (Å²) >= 11 is 0. The predicted molar refractivity (Wildman–Crippen MR) is 77.8 cm³/mol. The molecule has 2 N–H and O–H groups in total. The zero-order chi connectivity index (χ0) is 15.4. The van der Waals surface area contributed by atoms with Gasteiger partial charge in [-0.05, 0) is 39.8 Å². The van der Waals surface area contributed by atoms with Crippen LogP contribution in [0.2, 0.25) is 0 Å². The van der Waals surface area contributed by atoms with Crippen LogP contribution in [-0.4, -0.2) is 27.3 Å². The molecule has 0 saturated heterocycles. The first kappa shape index (κ1) is 17.2. The lowest BCUT2D eigenvalue weighted by Gasteiger charge is -2.30. The van der Waals surface area contributed by atoms with Gasteiger partial charge in [-0.2, -0.15) is 0 Å². The number of hydrogen-bond acceptors (Lipinski definition) is 3. The van der Waals surface area contributed by atoms with Crippen molar-refractivity contribution in [2.24, 2.45) is 0 Å². The lowest BCUT2D eigenvalue weighted by atomic mass is 10.1. The summed E-state index contributed by atoms with van der Waals surface area (Å²) in [6, 6.07) is 9.41. The third-order valence-electron chi connectivity index (χ3n) is 3.00. The molecule has 1 aromatic carbocycles. The van der Waals surface area contributed by atoms with Crippen LogP contribution in [0.3, 0.4) is 0 Å². The van der Waals surface area contributed by atoms with Gasteiger partial charge in [0.1, 0.15) is 11.4 Å². The summed E-state index contributed by atoms with van der Waals surface area (Å²) in [6.45, 7) is 6.80. The Morgan fingerprint density at radius 3 is 2.15 bits per heavy atom. The smallest absolute Gasteiger partial charge is 0.356 e. The van der Waals surface area contributed by atoms with Gasteiger partial charge in [0.15, 0.2) is 5.34 Å². The predicted octanol–water partition coefficient (Wildman–Crippen LogP) is 3.16. The Morgan fingerprint density at radius 1 is 1.10 bits per heavy atom. The second-order valence-electron chi connectivity index (χ2n) is 5.76. The Balaban J connectivity index is 2.50. The third kappa shape index (κ3) is 5.25. The van der Waals surface area contributed by atoms with Gasteiger partial charge in [-0.25, -0.2) is 0 Å². The average molecular weight is 302 g/mol. The van der Waals surface area contributed by atoms with Crippen molar-refractivity contribution in [3.8, 4) is 5.75 Å². The van der Waals surface area contributed by atoms with E-state index in [4.69, 9.17) is 19.3 Å². The van der Waals surface area contributed by atoms with Gasteiger partial charge in [-0.1, -0.05) is 18.2 Å². The van der Waals surface area contributed by atoms with Crippen molar-refractivity contribution < 1.29 is 23.8 Å². The summed E-state index contributed by atoms with van der Waals surface area (Å²) in [6.07, 6.45) is 0.519. The van der Waals surface area contributed by atoms with E-state index in [9.17, 15) is 4.57 Å². The molecule has 0 spiro atoms. The molecule has 0 amide bonds. The molecule has 6 heteroatoms. The lowest BCUT2D eigenvalue weighted by Crippen LogP contribution is -2.32. The molecular formula is C14H23O5P. The molecule has 0 aliphatic carbocycles. The largest absolute Gasteiger partial charge is 0.488 e. The van der Waals surface area contributed by atoms with E-state index < -0.39 is 18.5 Å². The minimum atomic E-state index is -4.28. The number of ether oxygens (including phenoxy) is 2.